The van der Waals surface area contributed by atoms with Crippen molar-refractivity contribution in [2.24, 2.45) is 0 Å². The number of amides is 1. The van der Waals surface area contributed by atoms with Gasteiger partial charge in [0, 0.05) is 12.4 Å². The molecule has 1 amide bonds. The molecular weight excluding hydrogens is 297 g/mol. The Labute approximate surface area is 125 Å². The van der Waals surface area contributed by atoms with Crippen LogP contribution in [0.5, 0.6) is 0 Å². The fraction of sp³-hybridized carbons (Fsp3) is 0.357. The van der Waals surface area contributed by atoms with Gasteiger partial charge in [-0.1, -0.05) is 0 Å². The number of alkyl halides is 3. The second-order valence-corrected chi connectivity index (χ2v) is 4.99. The average molecular weight is 312 g/mol. The van der Waals surface area contributed by atoms with Gasteiger partial charge < -0.3 is 5.32 Å². The molecule has 2 rings (SSSR count). The summed E-state index contributed by atoms with van der Waals surface area (Å²) in [4.78, 5) is 16.3. The number of hydrogen-bond donors (Lipinski definition) is 1. The molecule has 22 heavy (non-hydrogen) atoms. The molecule has 118 valence electrons. The third-order valence-corrected chi connectivity index (χ3v) is 3.16. The van der Waals surface area contributed by atoms with Crippen LogP contribution in [0.3, 0.4) is 0 Å². The van der Waals surface area contributed by atoms with E-state index < -0.39 is 23.8 Å². The predicted molar refractivity (Wildman–Crippen MR) is 74.3 cm³/mol. The van der Waals surface area contributed by atoms with E-state index in [1.807, 2.05) is 6.92 Å². The first kappa shape index (κ1) is 16.0. The standard InChI is InChI=1S/C14H15F3N4O/c1-8-6-11(9(2)18-7-8)19-13(22)10(3)21-5-4-12(20-21)14(15,16)17/h4-7,10H,1-3H3,(H,19,22). The largest absolute Gasteiger partial charge is 0.435 e. The van der Waals surface area contributed by atoms with Gasteiger partial charge in [0.2, 0.25) is 5.91 Å². The maximum Gasteiger partial charge on any atom is 0.435 e. The van der Waals surface area contributed by atoms with E-state index >= 15 is 0 Å². The highest BCUT2D eigenvalue weighted by molar-refractivity contribution is 5.93. The van der Waals surface area contributed by atoms with Crippen molar-refractivity contribution in [1.82, 2.24) is 14.8 Å². The Morgan fingerprint density at radius 2 is 2.05 bits per heavy atom. The lowest BCUT2D eigenvalue weighted by Gasteiger charge is -2.14. The number of carbonyl (C=O) groups excluding carboxylic acids is 1. The van der Waals surface area contributed by atoms with Crippen LogP contribution in [0.4, 0.5) is 18.9 Å². The van der Waals surface area contributed by atoms with E-state index in [2.05, 4.69) is 15.4 Å². The zero-order valence-corrected chi connectivity index (χ0v) is 12.3. The molecule has 1 unspecified atom stereocenters. The number of aromatic nitrogens is 3. The lowest BCUT2D eigenvalue weighted by molar-refractivity contribution is -0.141. The Hall–Kier alpha value is -2.38. The fourth-order valence-electron chi connectivity index (χ4n) is 1.83. The molecule has 5 nitrogen and oxygen atoms in total. The number of hydrogen-bond acceptors (Lipinski definition) is 3. The smallest absolute Gasteiger partial charge is 0.323 e. The molecule has 0 aromatic carbocycles. The summed E-state index contributed by atoms with van der Waals surface area (Å²) in [6, 6.07) is 1.71. The summed E-state index contributed by atoms with van der Waals surface area (Å²) in [5.41, 5.74) is 0.996. The molecule has 0 spiro atoms. The second kappa shape index (κ2) is 5.78. The Morgan fingerprint density at radius 3 is 2.64 bits per heavy atom. The number of rotatable bonds is 3. The minimum Gasteiger partial charge on any atom is -0.323 e. The lowest BCUT2D eigenvalue weighted by atomic mass is 10.2. The van der Waals surface area contributed by atoms with Crippen LogP contribution in [0.15, 0.2) is 24.5 Å². The first-order valence-electron chi connectivity index (χ1n) is 6.55. The maximum atomic E-state index is 12.5. The van der Waals surface area contributed by atoms with E-state index in [0.29, 0.717) is 11.4 Å². The van der Waals surface area contributed by atoms with E-state index in [-0.39, 0.29) is 0 Å². The Kier molecular flexibility index (Phi) is 4.20. The SMILES string of the molecule is Cc1cnc(C)c(NC(=O)C(C)n2ccc(C(F)(F)F)n2)c1. The summed E-state index contributed by atoms with van der Waals surface area (Å²) in [6.45, 7) is 5.03. The molecule has 2 aromatic heterocycles. The Morgan fingerprint density at radius 1 is 1.36 bits per heavy atom. The van der Waals surface area contributed by atoms with Crippen molar-refractivity contribution in [3.63, 3.8) is 0 Å². The zero-order chi connectivity index (χ0) is 16.5. The average Bonchev–Trinajstić information content (AvgIpc) is 2.91. The first-order valence-corrected chi connectivity index (χ1v) is 6.55. The minimum absolute atomic E-state index is 0.465. The van der Waals surface area contributed by atoms with Crippen molar-refractivity contribution in [3.05, 3.63) is 41.5 Å². The highest BCUT2D eigenvalue weighted by Crippen LogP contribution is 2.28. The van der Waals surface area contributed by atoms with Gasteiger partial charge in [0.25, 0.3) is 0 Å². The molecule has 0 saturated heterocycles. The van der Waals surface area contributed by atoms with Crippen molar-refractivity contribution in [2.75, 3.05) is 5.32 Å². The van der Waals surface area contributed by atoms with E-state index in [1.54, 1.807) is 19.2 Å². The van der Waals surface area contributed by atoms with Gasteiger partial charge in [-0.2, -0.15) is 18.3 Å². The van der Waals surface area contributed by atoms with Crippen molar-refractivity contribution < 1.29 is 18.0 Å². The Balaban J connectivity index is 2.15. The molecule has 8 heteroatoms. The summed E-state index contributed by atoms with van der Waals surface area (Å²) in [7, 11) is 0. The molecular formula is C14H15F3N4O. The van der Waals surface area contributed by atoms with Gasteiger partial charge in [0.15, 0.2) is 5.69 Å². The molecule has 0 fully saturated rings. The summed E-state index contributed by atoms with van der Waals surface area (Å²) < 4.78 is 38.6. The van der Waals surface area contributed by atoms with E-state index in [9.17, 15) is 18.0 Å². The number of halogens is 3. The number of nitrogens with zero attached hydrogens (tertiary/aromatic N) is 3. The fourth-order valence-corrected chi connectivity index (χ4v) is 1.83. The van der Waals surface area contributed by atoms with E-state index in [4.69, 9.17) is 0 Å². The van der Waals surface area contributed by atoms with Gasteiger partial charge in [0.1, 0.15) is 6.04 Å². The summed E-state index contributed by atoms with van der Waals surface area (Å²) in [6.07, 6.45) is -1.73. The van der Waals surface area contributed by atoms with Crippen LogP contribution in [-0.2, 0) is 11.0 Å². The van der Waals surface area contributed by atoms with Gasteiger partial charge in [0.05, 0.1) is 11.4 Å². The van der Waals surface area contributed by atoms with Crippen LogP contribution in [-0.4, -0.2) is 20.7 Å². The molecule has 1 atom stereocenters. The summed E-state index contributed by atoms with van der Waals surface area (Å²) in [5, 5.41) is 6.05. The van der Waals surface area contributed by atoms with Gasteiger partial charge in [-0.3, -0.25) is 14.5 Å². The van der Waals surface area contributed by atoms with Crippen molar-refractivity contribution in [1.29, 1.82) is 0 Å². The lowest BCUT2D eigenvalue weighted by Crippen LogP contribution is -2.25. The summed E-state index contributed by atoms with van der Waals surface area (Å²) in [5.74, 6) is -0.465. The molecule has 0 aliphatic carbocycles. The van der Waals surface area contributed by atoms with E-state index in [1.165, 1.54) is 6.92 Å². The number of aryl methyl sites for hydroxylation is 2. The van der Waals surface area contributed by atoms with Crippen LogP contribution < -0.4 is 5.32 Å². The van der Waals surface area contributed by atoms with Gasteiger partial charge in [-0.15, -0.1) is 0 Å². The van der Waals surface area contributed by atoms with Crippen LogP contribution in [0, 0.1) is 13.8 Å². The number of carbonyl (C=O) groups is 1. The predicted octanol–water partition coefficient (Wildman–Crippen LogP) is 3.11. The monoisotopic (exact) mass is 312 g/mol. The first-order chi connectivity index (χ1) is 10.2. The highest BCUT2D eigenvalue weighted by Gasteiger charge is 2.34. The third kappa shape index (κ3) is 3.44. The molecule has 0 aliphatic heterocycles. The molecule has 0 aliphatic rings. The van der Waals surface area contributed by atoms with Crippen molar-refractivity contribution in [2.45, 2.75) is 33.0 Å². The molecule has 1 N–H and O–H groups in total. The third-order valence-electron chi connectivity index (χ3n) is 3.16. The highest BCUT2D eigenvalue weighted by atomic mass is 19.4. The Bertz CT molecular complexity index is 694. The molecule has 2 aromatic rings. The number of anilines is 1. The minimum atomic E-state index is -4.53. The zero-order valence-electron chi connectivity index (χ0n) is 12.3. The molecule has 0 radical (unpaired) electrons. The maximum absolute atomic E-state index is 12.5. The molecule has 2 heterocycles. The van der Waals surface area contributed by atoms with Crippen LogP contribution in [0.1, 0.15) is 29.9 Å². The normalized spacial score (nSPS) is 13.0. The van der Waals surface area contributed by atoms with Gasteiger partial charge in [-0.25, -0.2) is 0 Å². The van der Waals surface area contributed by atoms with Crippen LogP contribution in [0.2, 0.25) is 0 Å². The number of pyridine rings is 1. The molecule has 0 bridgehead atoms. The molecule has 0 saturated carbocycles. The second-order valence-electron chi connectivity index (χ2n) is 4.99. The van der Waals surface area contributed by atoms with Crippen molar-refractivity contribution in [3.8, 4) is 0 Å². The topological polar surface area (TPSA) is 59.8 Å². The van der Waals surface area contributed by atoms with E-state index in [0.717, 1.165) is 22.5 Å². The van der Waals surface area contributed by atoms with Crippen molar-refractivity contribution >= 4 is 11.6 Å². The number of nitrogens with one attached hydrogen (secondary N) is 1. The van der Waals surface area contributed by atoms with Gasteiger partial charge in [-0.05, 0) is 38.5 Å². The summed E-state index contributed by atoms with van der Waals surface area (Å²) >= 11 is 0. The van der Waals surface area contributed by atoms with Gasteiger partial charge >= 0.3 is 6.18 Å². The van der Waals surface area contributed by atoms with Crippen LogP contribution >= 0.6 is 0 Å². The van der Waals surface area contributed by atoms with Crippen LogP contribution in [0.25, 0.3) is 0 Å². The quantitative estimate of drug-likeness (QED) is 0.947.